The average molecular weight is 199 g/mol. The van der Waals surface area contributed by atoms with Crippen LogP contribution in [0.15, 0.2) is 11.6 Å². The summed E-state index contributed by atoms with van der Waals surface area (Å²) in [5.41, 5.74) is 1.39. The van der Waals surface area contributed by atoms with Crippen LogP contribution in [0.1, 0.15) is 20.3 Å². The molecule has 0 aromatic carbocycles. The number of ether oxygens (including phenoxy) is 1. The maximum Gasteiger partial charge on any atom is 0.412 e. The van der Waals surface area contributed by atoms with Crippen LogP contribution in [0.2, 0.25) is 0 Å². The first kappa shape index (κ1) is 11.0. The largest absolute Gasteiger partial charge is 0.422 e. The molecule has 14 heavy (non-hydrogen) atoms. The average Bonchev–Trinajstić information content (AvgIpc) is 2.18. The molecule has 0 atom stereocenters. The van der Waals surface area contributed by atoms with Crippen molar-refractivity contribution in [3.8, 4) is 0 Å². The quantitative estimate of drug-likeness (QED) is 0.539. The van der Waals surface area contributed by atoms with Gasteiger partial charge in [-0.1, -0.05) is 25.5 Å². The Morgan fingerprint density at radius 1 is 1.71 bits per heavy atom. The molecule has 0 bridgehead atoms. The van der Waals surface area contributed by atoms with Gasteiger partial charge in [-0.15, -0.1) is 0 Å². The molecule has 1 rings (SSSR count). The molecule has 0 saturated heterocycles. The van der Waals surface area contributed by atoms with Gasteiger partial charge in [0.1, 0.15) is 0 Å². The molecule has 4 heteroatoms. The van der Waals surface area contributed by atoms with Crippen LogP contribution in [0.5, 0.6) is 0 Å². The summed E-state index contributed by atoms with van der Waals surface area (Å²) in [5.74, 6) is 0.547. The van der Waals surface area contributed by atoms with Crippen LogP contribution >= 0.6 is 0 Å². The third-order valence-electron chi connectivity index (χ3n) is 2.43. The number of rotatable bonds is 2. The number of aliphatic hydroxyl groups is 1. The molecule has 0 fully saturated rings. The minimum absolute atomic E-state index is 0.438. The lowest BCUT2D eigenvalue weighted by Crippen LogP contribution is -2.35. The van der Waals surface area contributed by atoms with E-state index in [1.165, 1.54) is 5.57 Å². The number of hydrogen-bond donors (Lipinski definition) is 1. The molecule has 1 amide bonds. The number of nitrogens with zero attached hydrogens (tertiary/aromatic N) is 1. The molecule has 4 nitrogen and oxygen atoms in total. The maximum atomic E-state index is 11.2. The number of carbonyl (C=O) groups excluding carboxylic acids is 1. The number of carbonyl (C=O) groups is 1. The molecule has 0 saturated carbocycles. The second kappa shape index (κ2) is 5.00. The SMILES string of the molecule is CC(C)C1=CCN(C(=O)OCO)CC1. The lowest BCUT2D eigenvalue weighted by atomic mass is 9.97. The molecule has 80 valence electrons. The van der Waals surface area contributed by atoms with E-state index in [0.717, 1.165) is 6.42 Å². The van der Waals surface area contributed by atoms with E-state index in [1.54, 1.807) is 4.90 Å². The summed E-state index contributed by atoms with van der Waals surface area (Å²) in [7, 11) is 0. The Bertz CT molecular complexity index is 236. The topological polar surface area (TPSA) is 49.8 Å². The van der Waals surface area contributed by atoms with Crippen molar-refractivity contribution in [3.05, 3.63) is 11.6 Å². The maximum absolute atomic E-state index is 11.2. The van der Waals surface area contributed by atoms with Gasteiger partial charge in [-0.25, -0.2) is 4.79 Å². The standard InChI is InChI=1S/C10H17NO3/c1-8(2)9-3-5-11(6-4-9)10(13)14-7-12/h3,8,12H,4-7H2,1-2H3. The molecule has 0 spiro atoms. The van der Waals surface area contributed by atoms with Gasteiger partial charge in [-0.2, -0.15) is 0 Å². The Morgan fingerprint density at radius 3 is 2.86 bits per heavy atom. The van der Waals surface area contributed by atoms with Crippen molar-refractivity contribution in [1.29, 1.82) is 0 Å². The van der Waals surface area contributed by atoms with Crippen LogP contribution in [0, 0.1) is 5.92 Å². The predicted octanol–water partition coefficient (Wildman–Crippen LogP) is 1.36. The highest BCUT2D eigenvalue weighted by Gasteiger charge is 2.18. The van der Waals surface area contributed by atoms with Gasteiger partial charge in [0.05, 0.1) is 0 Å². The van der Waals surface area contributed by atoms with Gasteiger partial charge in [0.15, 0.2) is 6.79 Å². The number of aliphatic hydroxyl groups excluding tert-OH is 1. The Balaban J connectivity index is 2.46. The monoisotopic (exact) mass is 199 g/mol. The molecule has 1 heterocycles. The van der Waals surface area contributed by atoms with Crippen molar-refractivity contribution in [3.63, 3.8) is 0 Å². The fraction of sp³-hybridized carbons (Fsp3) is 0.700. The van der Waals surface area contributed by atoms with E-state index in [9.17, 15) is 4.79 Å². The zero-order chi connectivity index (χ0) is 10.6. The Kier molecular flexibility index (Phi) is 3.95. The highest BCUT2D eigenvalue weighted by atomic mass is 16.6. The first-order chi connectivity index (χ1) is 6.65. The third kappa shape index (κ3) is 2.73. The second-order valence-corrected chi connectivity index (χ2v) is 3.67. The van der Waals surface area contributed by atoms with Crippen molar-refractivity contribution in [2.75, 3.05) is 19.9 Å². The van der Waals surface area contributed by atoms with Crippen LogP contribution in [-0.2, 0) is 4.74 Å². The molecular weight excluding hydrogens is 182 g/mol. The third-order valence-corrected chi connectivity index (χ3v) is 2.43. The lowest BCUT2D eigenvalue weighted by molar-refractivity contribution is 0.0233. The van der Waals surface area contributed by atoms with Gasteiger partial charge in [0.2, 0.25) is 0 Å². The van der Waals surface area contributed by atoms with Gasteiger partial charge in [-0.05, 0) is 12.3 Å². The van der Waals surface area contributed by atoms with Crippen LogP contribution < -0.4 is 0 Å². The van der Waals surface area contributed by atoms with Crippen molar-refractivity contribution in [1.82, 2.24) is 4.90 Å². The van der Waals surface area contributed by atoms with Gasteiger partial charge in [0.25, 0.3) is 0 Å². The van der Waals surface area contributed by atoms with Crippen LogP contribution in [0.3, 0.4) is 0 Å². The van der Waals surface area contributed by atoms with Gasteiger partial charge >= 0.3 is 6.09 Å². The molecule has 0 aromatic rings. The normalized spacial score (nSPS) is 16.9. The summed E-state index contributed by atoms with van der Waals surface area (Å²) in [4.78, 5) is 12.8. The van der Waals surface area contributed by atoms with Gasteiger partial charge in [0, 0.05) is 13.1 Å². The van der Waals surface area contributed by atoms with E-state index < -0.39 is 12.9 Å². The van der Waals surface area contributed by atoms with Gasteiger partial charge in [-0.3, -0.25) is 0 Å². The van der Waals surface area contributed by atoms with Crippen molar-refractivity contribution in [2.45, 2.75) is 20.3 Å². The summed E-state index contributed by atoms with van der Waals surface area (Å²) in [5, 5.41) is 8.42. The molecule has 0 unspecified atom stereocenters. The molecule has 0 radical (unpaired) electrons. The van der Waals surface area contributed by atoms with E-state index >= 15 is 0 Å². The summed E-state index contributed by atoms with van der Waals surface area (Å²) in [6, 6.07) is 0. The number of amides is 1. The first-order valence-electron chi connectivity index (χ1n) is 4.86. The smallest absolute Gasteiger partial charge is 0.412 e. The second-order valence-electron chi connectivity index (χ2n) is 3.67. The summed E-state index contributed by atoms with van der Waals surface area (Å²) in [6.07, 6.45) is 2.52. The van der Waals surface area contributed by atoms with Crippen molar-refractivity contribution in [2.24, 2.45) is 5.92 Å². The molecule has 1 aliphatic heterocycles. The van der Waals surface area contributed by atoms with E-state index in [2.05, 4.69) is 24.7 Å². The van der Waals surface area contributed by atoms with E-state index in [4.69, 9.17) is 5.11 Å². The van der Waals surface area contributed by atoms with Crippen LogP contribution in [0.4, 0.5) is 4.79 Å². The zero-order valence-corrected chi connectivity index (χ0v) is 8.69. The van der Waals surface area contributed by atoms with Gasteiger partial charge < -0.3 is 14.7 Å². The molecule has 1 aliphatic rings. The highest BCUT2D eigenvalue weighted by molar-refractivity contribution is 5.68. The van der Waals surface area contributed by atoms with Crippen LogP contribution in [-0.4, -0.2) is 36.0 Å². The predicted molar refractivity (Wildman–Crippen MR) is 52.7 cm³/mol. The van der Waals surface area contributed by atoms with E-state index in [1.807, 2.05) is 0 Å². The summed E-state index contributed by atoms with van der Waals surface area (Å²) in [6.45, 7) is 5.02. The lowest BCUT2D eigenvalue weighted by Gasteiger charge is -2.26. The molecule has 0 aliphatic carbocycles. The van der Waals surface area contributed by atoms with Crippen LogP contribution in [0.25, 0.3) is 0 Å². The molecule has 1 N–H and O–H groups in total. The zero-order valence-electron chi connectivity index (χ0n) is 8.69. The van der Waals surface area contributed by atoms with E-state index in [-0.39, 0.29) is 0 Å². The molecular formula is C10H17NO3. The minimum atomic E-state index is -0.546. The Labute approximate surface area is 84.2 Å². The first-order valence-corrected chi connectivity index (χ1v) is 4.86. The fourth-order valence-corrected chi connectivity index (χ4v) is 1.52. The Morgan fingerprint density at radius 2 is 2.43 bits per heavy atom. The fourth-order valence-electron chi connectivity index (χ4n) is 1.52. The summed E-state index contributed by atoms with van der Waals surface area (Å²) >= 11 is 0. The molecule has 0 aromatic heterocycles. The summed E-state index contributed by atoms with van der Waals surface area (Å²) < 4.78 is 4.49. The van der Waals surface area contributed by atoms with E-state index in [0.29, 0.717) is 19.0 Å². The van der Waals surface area contributed by atoms with Crippen molar-refractivity contribution < 1.29 is 14.6 Å². The van der Waals surface area contributed by atoms with Crippen molar-refractivity contribution >= 4 is 6.09 Å². The minimum Gasteiger partial charge on any atom is -0.422 e. The number of hydrogen-bond acceptors (Lipinski definition) is 3. The Hall–Kier alpha value is -1.03. The highest BCUT2D eigenvalue weighted by Crippen LogP contribution is 2.18.